The molecule has 0 radical (unpaired) electrons. The van der Waals surface area contributed by atoms with Crippen LogP contribution in [0.5, 0.6) is 0 Å². The van der Waals surface area contributed by atoms with Crippen LogP contribution in [0.2, 0.25) is 5.02 Å². The summed E-state index contributed by atoms with van der Waals surface area (Å²) in [4.78, 5) is 39.9. The number of hydrogen-bond acceptors (Lipinski definition) is 5. The van der Waals surface area contributed by atoms with E-state index < -0.39 is 34.4 Å². The number of likely N-dealkylation sites (N-methyl/N-ethyl adjacent to an activating group) is 1. The van der Waals surface area contributed by atoms with E-state index >= 15 is 0 Å². The SMILES string of the molecule is CCNC(=O)C(CC)N(Cc1ccc(Cl)cc1)C(=O)CN1C(=O)c2ccccc2S1(=O)=O. The van der Waals surface area contributed by atoms with Crippen LogP contribution >= 0.6 is 11.6 Å². The maximum Gasteiger partial charge on any atom is 0.269 e. The second kappa shape index (κ2) is 9.70. The third kappa shape index (κ3) is 4.63. The van der Waals surface area contributed by atoms with Gasteiger partial charge in [-0.25, -0.2) is 12.7 Å². The number of hydrogen-bond donors (Lipinski definition) is 1. The number of sulfonamides is 1. The first-order valence-electron chi connectivity index (χ1n) is 10.2. The highest BCUT2D eigenvalue weighted by Gasteiger charge is 2.43. The maximum atomic E-state index is 13.3. The van der Waals surface area contributed by atoms with Crippen molar-refractivity contribution in [3.63, 3.8) is 0 Å². The molecular formula is C22H24ClN3O5S. The Morgan fingerprint density at radius 2 is 1.75 bits per heavy atom. The highest BCUT2D eigenvalue weighted by Crippen LogP contribution is 2.30. The van der Waals surface area contributed by atoms with E-state index in [9.17, 15) is 22.8 Å². The maximum absolute atomic E-state index is 13.3. The summed E-state index contributed by atoms with van der Waals surface area (Å²) in [5, 5.41) is 3.23. The average molecular weight is 478 g/mol. The van der Waals surface area contributed by atoms with E-state index in [2.05, 4.69) is 5.32 Å². The van der Waals surface area contributed by atoms with Gasteiger partial charge in [-0.2, -0.15) is 0 Å². The summed E-state index contributed by atoms with van der Waals surface area (Å²) in [5.74, 6) is -1.76. The quantitative estimate of drug-likeness (QED) is 0.628. The zero-order valence-corrected chi connectivity index (χ0v) is 19.3. The summed E-state index contributed by atoms with van der Waals surface area (Å²) in [5.41, 5.74) is 0.740. The van der Waals surface area contributed by atoms with Gasteiger partial charge in [-0.1, -0.05) is 42.8 Å². The number of amides is 3. The minimum absolute atomic E-state index is 0.0281. The van der Waals surface area contributed by atoms with E-state index in [0.29, 0.717) is 27.9 Å². The molecule has 0 saturated heterocycles. The van der Waals surface area contributed by atoms with Crippen molar-refractivity contribution in [2.45, 2.75) is 37.8 Å². The molecule has 1 unspecified atom stereocenters. The van der Waals surface area contributed by atoms with E-state index in [-0.39, 0.29) is 22.9 Å². The van der Waals surface area contributed by atoms with Crippen LogP contribution in [-0.4, -0.2) is 54.5 Å². The minimum Gasteiger partial charge on any atom is -0.355 e. The number of halogens is 1. The Hall–Kier alpha value is -2.91. The number of fused-ring (bicyclic) bond motifs is 1. The fourth-order valence-corrected chi connectivity index (χ4v) is 5.24. The highest BCUT2D eigenvalue weighted by atomic mass is 35.5. The molecule has 0 aromatic heterocycles. The monoisotopic (exact) mass is 477 g/mol. The fraction of sp³-hybridized carbons (Fsp3) is 0.318. The molecule has 170 valence electrons. The van der Waals surface area contributed by atoms with Crippen molar-refractivity contribution in [1.82, 2.24) is 14.5 Å². The van der Waals surface area contributed by atoms with Gasteiger partial charge in [0.15, 0.2) is 0 Å². The van der Waals surface area contributed by atoms with Gasteiger partial charge in [0.2, 0.25) is 11.8 Å². The van der Waals surface area contributed by atoms with Crippen molar-refractivity contribution in [1.29, 1.82) is 0 Å². The first-order valence-corrected chi connectivity index (χ1v) is 12.0. The molecule has 0 aliphatic carbocycles. The summed E-state index contributed by atoms with van der Waals surface area (Å²) in [6.07, 6.45) is 0.312. The molecule has 3 amide bonds. The minimum atomic E-state index is -4.15. The molecule has 0 bridgehead atoms. The van der Waals surface area contributed by atoms with Crippen molar-refractivity contribution in [3.8, 4) is 0 Å². The van der Waals surface area contributed by atoms with Crippen LogP contribution in [0.25, 0.3) is 0 Å². The van der Waals surface area contributed by atoms with E-state index in [0.717, 1.165) is 0 Å². The van der Waals surface area contributed by atoms with Crippen molar-refractivity contribution in [3.05, 3.63) is 64.7 Å². The molecule has 1 aliphatic heterocycles. The molecule has 1 N–H and O–H groups in total. The largest absolute Gasteiger partial charge is 0.355 e. The van der Waals surface area contributed by atoms with Gasteiger partial charge in [-0.15, -0.1) is 0 Å². The number of carbonyl (C=O) groups excluding carboxylic acids is 3. The van der Waals surface area contributed by atoms with Crippen molar-refractivity contribution in [2.24, 2.45) is 0 Å². The van der Waals surface area contributed by atoms with Crippen molar-refractivity contribution >= 4 is 39.3 Å². The number of rotatable bonds is 8. The van der Waals surface area contributed by atoms with Crippen molar-refractivity contribution < 1.29 is 22.8 Å². The summed E-state index contributed by atoms with van der Waals surface area (Å²) >= 11 is 5.94. The lowest BCUT2D eigenvalue weighted by molar-refractivity contribution is -0.141. The summed E-state index contributed by atoms with van der Waals surface area (Å²) in [6.45, 7) is 3.27. The van der Waals surface area contributed by atoms with Gasteiger partial charge in [-0.3, -0.25) is 14.4 Å². The number of nitrogens with one attached hydrogen (secondary N) is 1. The first-order chi connectivity index (χ1) is 15.2. The third-order valence-corrected chi connectivity index (χ3v) is 7.23. The summed E-state index contributed by atoms with van der Waals surface area (Å²) in [7, 11) is -4.15. The zero-order chi connectivity index (χ0) is 23.5. The molecule has 32 heavy (non-hydrogen) atoms. The van der Waals surface area contributed by atoms with Crippen LogP contribution in [-0.2, 0) is 26.2 Å². The van der Waals surface area contributed by atoms with E-state index in [4.69, 9.17) is 11.6 Å². The Morgan fingerprint density at radius 3 is 2.34 bits per heavy atom. The molecule has 1 heterocycles. The van der Waals surface area contributed by atoms with Crippen LogP contribution in [0, 0.1) is 0 Å². The molecule has 1 aliphatic rings. The van der Waals surface area contributed by atoms with Crippen LogP contribution in [0.1, 0.15) is 36.2 Å². The molecule has 0 fully saturated rings. The van der Waals surface area contributed by atoms with Crippen LogP contribution in [0.3, 0.4) is 0 Å². The third-order valence-electron chi connectivity index (χ3n) is 5.19. The summed E-state index contributed by atoms with van der Waals surface area (Å²) < 4.78 is 26.3. The van der Waals surface area contributed by atoms with Gasteiger partial charge in [0.1, 0.15) is 17.5 Å². The Morgan fingerprint density at radius 1 is 1.09 bits per heavy atom. The smallest absolute Gasteiger partial charge is 0.269 e. The Balaban J connectivity index is 1.92. The highest BCUT2D eigenvalue weighted by molar-refractivity contribution is 7.90. The van der Waals surface area contributed by atoms with Crippen molar-refractivity contribution in [2.75, 3.05) is 13.1 Å². The van der Waals surface area contributed by atoms with Crippen LogP contribution < -0.4 is 5.32 Å². The predicted molar refractivity (Wildman–Crippen MR) is 119 cm³/mol. The fourth-order valence-electron chi connectivity index (χ4n) is 3.60. The molecule has 1 atom stereocenters. The lowest BCUT2D eigenvalue weighted by Crippen LogP contribution is -2.52. The Labute approximate surface area is 192 Å². The van der Waals surface area contributed by atoms with E-state index in [1.807, 2.05) is 0 Å². The lowest BCUT2D eigenvalue weighted by Gasteiger charge is -2.31. The second-order valence-corrected chi connectivity index (χ2v) is 9.55. The van der Waals surface area contributed by atoms with Gasteiger partial charge in [0.25, 0.3) is 15.9 Å². The second-order valence-electron chi connectivity index (χ2n) is 7.28. The molecule has 2 aromatic rings. The molecule has 8 nitrogen and oxygen atoms in total. The van der Waals surface area contributed by atoms with E-state index in [1.54, 1.807) is 44.2 Å². The molecular weight excluding hydrogens is 454 g/mol. The van der Waals surface area contributed by atoms with Gasteiger partial charge in [-0.05, 0) is 43.2 Å². The molecule has 3 rings (SSSR count). The van der Waals surface area contributed by atoms with E-state index in [1.165, 1.54) is 23.1 Å². The average Bonchev–Trinajstić information content (AvgIpc) is 2.96. The van der Waals surface area contributed by atoms with Gasteiger partial charge in [0, 0.05) is 18.1 Å². The van der Waals surface area contributed by atoms with Gasteiger partial charge in [0.05, 0.1) is 5.56 Å². The van der Waals surface area contributed by atoms with Gasteiger partial charge >= 0.3 is 0 Å². The Bertz CT molecular complexity index is 1130. The Kier molecular flexibility index (Phi) is 7.20. The predicted octanol–water partition coefficient (Wildman–Crippen LogP) is 2.43. The lowest BCUT2D eigenvalue weighted by atomic mass is 10.1. The molecule has 10 heteroatoms. The van der Waals surface area contributed by atoms with Crippen LogP contribution in [0.15, 0.2) is 53.4 Å². The zero-order valence-electron chi connectivity index (χ0n) is 17.7. The summed E-state index contributed by atoms with van der Waals surface area (Å²) in [6, 6.07) is 11.8. The molecule has 2 aromatic carbocycles. The normalized spacial score (nSPS) is 15.2. The number of nitrogens with zero attached hydrogens (tertiary/aromatic N) is 2. The first kappa shape index (κ1) is 23.7. The topological polar surface area (TPSA) is 104 Å². The van der Waals surface area contributed by atoms with Crippen LogP contribution in [0.4, 0.5) is 0 Å². The number of benzene rings is 2. The standard InChI is InChI=1S/C22H24ClN3O5S/c1-3-18(21(28)24-4-2)25(13-15-9-11-16(23)12-10-15)20(27)14-26-22(29)17-7-5-6-8-19(17)32(26,30)31/h5-12,18H,3-4,13-14H2,1-2H3,(H,24,28). The van der Waals surface area contributed by atoms with Gasteiger partial charge < -0.3 is 10.2 Å². The molecule has 0 spiro atoms. The number of carbonyl (C=O) groups is 3. The molecule has 0 saturated carbocycles.